The highest BCUT2D eigenvalue weighted by molar-refractivity contribution is 5.20. The Hall–Kier alpha value is -0.820. The van der Waals surface area contributed by atoms with Crippen LogP contribution in [0.15, 0.2) is 24.3 Å². The Kier molecular flexibility index (Phi) is 6.39. The van der Waals surface area contributed by atoms with Gasteiger partial charge in [-0.2, -0.15) is 0 Å². The minimum Gasteiger partial charge on any atom is -0.316 e. The summed E-state index contributed by atoms with van der Waals surface area (Å²) in [5.41, 5.74) is 2.66. The molecule has 0 unspecified atom stereocenters. The fourth-order valence-corrected chi connectivity index (χ4v) is 0.910. The summed E-state index contributed by atoms with van der Waals surface area (Å²) in [7, 11) is 1.96. The number of nitrogens with one attached hydrogen (secondary N) is 1. The van der Waals surface area contributed by atoms with Gasteiger partial charge in [0.2, 0.25) is 0 Å². The fourth-order valence-electron chi connectivity index (χ4n) is 0.910. The van der Waals surface area contributed by atoms with Crippen molar-refractivity contribution >= 4 is 0 Å². The van der Waals surface area contributed by atoms with Crippen LogP contribution in [0.1, 0.15) is 25.0 Å². The van der Waals surface area contributed by atoms with Crippen molar-refractivity contribution in [3.8, 4) is 0 Å². The summed E-state index contributed by atoms with van der Waals surface area (Å²) < 4.78 is 0. The maximum atomic E-state index is 3.10. The van der Waals surface area contributed by atoms with Gasteiger partial charge in [-0.05, 0) is 19.5 Å². The largest absolute Gasteiger partial charge is 0.316 e. The third-order valence-corrected chi connectivity index (χ3v) is 1.50. The van der Waals surface area contributed by atoms with Crippen molar-refractivity contribution in [2.45, 2.75) is 27.3 Å². The molecule has 0 bridgehead atoms. The van der Waals surface area contributed by atoms with E-state index in [0.717, 1.165) is 6.54 Å². The van der Waals surface area contributed by atoms with E-state index in [1.165, 1.54) is 11.1 Å². The molecule has 12 heavy (non-hydrogen) atoms. The van der Waals surface area contributed by atoms with Gasteiger partial charge in [-0.1, -0.05) is 43.7 Å². The molecule has 0 aliphatic carbocycles. The Morgan fingerprint density at radius 2 is 1.58 bits per heavy atom. The molecule has 0 atom stereocenters. The van der Waals surface area contributed by atoms with Gasteiger partial charge < -0.3 is 5.32 Å². The van der Waals surface area contributed by atoms with Crippen LogP contribution in [0.3, 0.4) is 0 Å². The van der Waals surface area contributed by atoms with Crippen LogP contribution in [0.2, 0.25) is 0 Å². The van der Waals surface area contributed by atoms with Crippen LogP contribution in [0.25, 0.3) is 0 Å². The first-order valence-electron chi connectivity index (χ1n) is 4.53. The van der Waals surface area contributed by atoms with Gasteiger partial charge in [0.25, 0.3) is 0 Å². The molecule has 0 saturated carbocycles. The van der Waals surface area contributed by atoms with E-state index >= 15 is 0 Å². The number of hydrogen-bond acceptors (Lipinski definition) is 1. The van der Waals surface area contributed by atoms with Crippen LogP contribution >= 0.6 is 0 Å². The van der Waals surface area contributed by atoms with E-state index < -0.39 is 0 Å². The van der Waals surface area contributed by atoms with Crippen LogP contribution in [0.4, 0.5) is 0 Å². The molecule has 1 aromatic carbocycles. The van der Waals surface area contributed by atoms with Gasteiger partial charge in [-0.3, -0.25) is 0 Å². The zero-order valence-electron chi connectivity index (χ0n) is 8.52. The summed E-state index contributed by atoms with van der Waals surface area (Å²) >= 11 is 0. The predicted molar refractivity (Wildman–Crippen MR) is 55.3 cm³/mol. The molecule has 0 aromatic heterocycles. The topological polar surface area (TPSA) is 12.0 Å². The van der Waals surface area contributed by atoms with Gasteiger partial charge in [-0.25, -0.2) is 0 Å². The smallest absolute Gasteiger partial charge is 0.0202 e. The first-order valence-corrected chi connectivity index (χ1v) is 4.53. The van der Waals surface area contributed by atoms with Crippen LogP contribution in [-0.2, 0) is 6.54 Å². The van der Waals surface area contributed by atoms with E-state index in [0.29, 0.717) is 0 Å². The van der Waals surface area contributed by atoms with Crippen molar-refractivity contribution in [2.75, 3.05) is 7.05 Å². The lowest BCUT2D eigenvalue weighted by Gasteiger charge is -1.98. The molecule has 1 aromatic rings. The molecule has 0 heterocycles. The molecule has 1 heteroatoms. The Morgan fingerprint density at radius 1 is 1.08 bits per heavy atom. The molecule has 1 nitrogen and oxygen atoms in total. The van der Waals surface area contributed by atoms with Crippen LogP contribution in [0.5, 0.6) is 0 Å². The standard InChI is InChI=1S/C9H13N.C2H6/c1-8-3-5-9(6-4-8)7-10-2;1-2/h3-6,10H,7H2,1-2H3;1-2H3. The summed E-state index contributed by atoms with van der Waals surface area (Å²) in [6.07, 6.45) is 0. The number of hydrogen-bond donors (Lipinski definition) is 1. The van der Waals surface area contributed by atoms with Gasteiger partial charge in [0.05, 0.1) is 0 Å². The maximum Gasteiger partial charge on any atom is 0.0202 e. The average molecular weight is 165 g/mol. The van der Waals surface area contributed by atoms with Crippen molar-refractivity contribution in [1.82, 2.24) is 5.32 Å². The van der Waals surface area contributed by atoms with E-state index in [4.69, 9.17) is 0 Å². The molecular weight excluding hydrogens is 146 g/mol. The van der Waals surface area contributed by atoms with Crippen molar-refractivity contribution < 1.29 is 0 Å². The summed E-state index contributed by atoms with van der Waals surface area (Å²) in [6.45, 7) is 7.06. The molecule has 0 saturated heterocycles. The predicted octanol–water partition coefficient (Wildman–Crippen LogP) is 2.74. The average Bonchev–Trinajstić information content (AvgIpc) is 2.13. The van der Waals surface area contributed by atoms with Crippen molar-refractivity contribution in [3.05, 3.63) is 35.4 Å². The molecule has 0 amide bonds. The normalized spacial score (nSPS) is 8.67. The van der Waals surface area contributed by atoms with Crippen molar-refractivity contribution in [3.63, 3.8) is 0 Å². The van der Waals surface area contributed by atoms with Crippen LogP contribution < -0.4 is 5.32 Å². The summed E-state index contributed by atoms with van der Waals surface area (Å²) in [6, 6.07) is 8.55. The highest BCUT2D eigenvalue weighted by atomic mass is 14.8. The van der Waals surface area contributed by atoms with Gasteiger partial charge >= 0.3 is 0 Å². The monoisotopic (exact) mass is 165 g/mol. The number of benzene rings is 1. The molecule has 0 aliphatic rings. The lowest BCUT2D eigenvalue weighted by Crippen LogP contribution is -2.04. The first kappa shape index (κ1) is 11.2. The summed E-state index contributed by atoms with van der Waals surface area (Å²) in [5.74, 6) is 0. The minimum atomic E-state index is 0.959. The Labute approximate surface area is 75.8 Å². The van der Waals surface area contributed by atoms with Gasteiger partial charge in [0.1, 0.15) is 0 Å². The first-order chi connectivity index (χ1) is 5.83. The van der Waals surface area contributed by atoms with E-state index in [-0.39, 0.29) is 0 Å². The second kappa shape index (κ2) is 6.86. The minimum absolute atomic E-state index is 0.959. The van der Waals surface area contributed by atoms with E-state index in [1.807, 2.05) is 20.9 Å². The lowest BCUT2D eigenvalue weighted by atomic mass is 10.1. The van der Waals surface area contributed by atoms with Crippen molar-refractivity contribution in [2.24, 2.45) is 0 Å². The zero-order valence-corrected chi connectivity index (χ0v) is 8.52. The molecule has 68 valence electrons. The van der Waals surface area contributed by atoms with Crippen LogP contribution in [0, 0.1) is 6.92 Å². The Morgan fingerprint density at radius 3 is 2.00 bits per heavy atom. The second-order valence-electron chi connectivity index (χ2n) is 2.52. The summed E-state index contributed by atoms with van der Waals surface area (Å²) in [5, 5.41) is 3.10. The molecular formula is C11H19N. The maximum absolute atomic E-state index is 3.10. The van der Waals surface area contributed by atoms with Gasteiger partial charge in [-0.15, -0.1) is 0 Å². The third kappa shape index (κ3) is 4.14. The highest BCUT2D eigenvalue weighted by Crippen LogP contribution is 2.01. The third-order valence-electron chi connectivity index (χ3n) is 1.50. The molecule has 0 aliphatic heterocycles. The molecule has 1 rings (SSSR count). The Bertz CT molecular complexity index is 189. The van der Waals surface area contributed by atoms with E-state index in [9.17, 15) is 0 Å². The van der Waals surface area contributed by atoms with Crippen LogP contribution in [-0.4, -0.2) is 7.05 Å². The van der Waals surface area contributed by atoms with Crippen molar-refractivity contribution in [1.29, 1.82) is 0 Å². The zero-order chi connectivity index (χ0) is 9.40. The summed E-state index contributed by atoms with van der Waals surface area (Å²) in [4.78, 5) is 0. The quantitative estimate of drug-likeness (QED) is 0.710. The lowest BCUT2D eigenvalue weighted by molar-refractivity contribution is 0.817. The van der Waals surface area contributed by atoms with Gasteiger partial charge in [0, 0.05) is 6.54 Å². The Balaban J connectivity index is 0.000000561. The fraction of sp³-hybridized carbons (Fsp3) is 0.455. The van der Waals surface area contributed by atoms with Gasteiger partial charge in [0.15, 0.2) is 0 Å². The number of aryl methyl sites for hydroxylation is 1. The van der Waals surface area contributed by atoms with E-state index in [2.05, 4.69) is 36.5 Å². The number of rotatable bonds is 2. The molecule has 1 N–H and O–H groups in total. The van der Waals surface area contributed by atoms with E-state index in [1.54, 1.807) is 0 Å². The molecule has 0 radical (unpaired) electrons. The molecule has 0 fully saturated rings. The second-order valence-corrected chi connectivity index (χ2v) is 2.52. The molecule has 0 spiro atoms. The SMILES string of the molecule is CC.CNCc1ccc(C)cc1. The highest BCUT2D eigenvalue weighted by Gasteiger charge is 1.87.